The maximum absolute atomic E-state index is 12.4. The number of nitrogens with one attached hydrogen (secondary N) is 2. The lowest BCUT2D eigenvalue weighted by atomic mass is 10.1. The highest BCUT2D eigenvalue weighted by Gasteiger charge is 2.11. The number of amides is 1. The van der Waals surface area contributed by atoms with Crippen LogP contribution in [0.1, 0.15) is 42.1 Å². The van der Waals surface area contributed by atoms with Crippen molar-refractivity contribution < 1.29 is 4.79 Å². The van der Waals surface area contributed by atoms with E-state index in [-0.39, 0.29) is 5.91 Å². The van der Waals surface area contributed by atoms with Gasteiger partial charge in [-0.05, 0) is 43.4 Å². The molecule has 2 rings (SSSR count). The molecular formula is C19H24Cl2N4O. The monoisotopic (exact) mass is 394 g/mol. The van der Waals surface area contributed by atoms with E-state index in [4.69, 9.17) is 23.2 Å². The molecule has 5 nitrogen and oxygen atoms in total. The lowest BCUT2D eigenvalue weighted by Gasteiger charge is -2.10. The highest BCUT2D eigenvalue weighted by Crippen LogP contribution is 2.21. The standard InChI is InChI=1S/C19H24Cl2N4O/c1-12(2)6-8-22-18-11-17(24-13(3)25-18)19(26)23-9-7-14-4-5-15(20)10-16(14)21/h4-5,10-12H,6-9H2,1-3H3,(H,23,26)(H,22,24,25). The van der Waals surface area contributed by atoms with Crippen molar-refractivity contribution in [2.75, 3.05) is 18.4 Å². The van der Waals surface area contributed by atoms with E-state index >= 15 is 0 Å². The first-order chi connectivity index (χ1) is 12.3. The Balaban J connectivity index is 1.92. The minimum Gasteiger partial charge on any atom is -0.370 e. The molecule has 1 heterocycles. The van der Waals surface area contributed by atoms with Crippen LogP contribution >= 0.6 is 23.2 Å². The molecule has 0 saturated heterocycles. The molecule has 0 aliphatic heterocycles. The zero-order valence-corrected chi connectivity index (χ0v) is 16.8. The second-order valence-electron chi connectivity index (χ2n) is 6.54. The van der Waals surface area contributed by atoms with Crippen LogP contribution < -0.4 is 10.6 Å². The molecule has 0 spiro atoms. The number of carbonyl (C=O) groups excluding carboxylic acids is 1. The van der Waals surface area contributed by atoms with E-state index in [2.05, 4.69) is 34.4 Å². The van der Waals surface area contributed by atoms with Gasteiger partial charge in [0.2, 0.25) is 0 Å². The van der Waals surface area contributed by atoms with Crippen molar-refractivity contribution in [3.05, 3.63) is 51.4 Å². The minimum absolute atomic E-state index is 0.229. The molecule has 0 unspecified atom stereocenters. The first kappa shape index (κ1) is 20.5. The Morgan fingerprint density at radius 1 is 1.15 bits per heavy atom. The Kier molecular flexibility index (Phi) is 7.66. The number of halogens is 2. The Morgan fingerprint density at radius 3 is 2.62 bits per heavy atom. The fraction of sp³-hybridized carbons (Fsp3) is 0.421. The molecule has 0 fully saturated rings. The summed E-state index contributed by atoms with van der Waals surface area (Å²) in [6, 6.07) is 7.02. The highest BCUT2D eigenvalue weighted by atomic mass is 35.5. The van der Waals surface area contributed by atoms with Crippen LogP contribution in [0.25, 0.3) is 0 Å². The normalized spacial score (nSPS) is 10.8. The van der Waals surface area contributed by atoms with Crippen LogP contribution in [0.15, 0.2) is 24.3 Å². The summed E-state index contributed by atoms with van der Waals surface area (Å²) >= 11 is 12.0. The van der Waals surface area contributed by atoms with Crippen molar-refractivity contribution in [1.82, 2.24) is 15.3 Å². The summed E-state index contributed by atoms with van der Waals surface area (Å²) in [6.45, 7) is 7.37. The predicted molar refractivity (Wildman–Crippen MR) is 107 cm³/mol. The minimum atomic E-state index is -0.229. The first-order valence-electron chi connectivity index (χ1n) is 8.67. The van der Waals surface area contributed by atoms with Gasteiger partial charge in [-0.2, -0.15) is 0 Å². The Labute approximate surface area is 164 Å². The van der Waals surface area contributed by atoms with Gasteiger partial charge in [0, 0.05) is 29.2 Å². The third-order valence-electron chi connectivity index (χ3n) is 3.79. The molecule has 1 amide bonds. The number of anilines is 1. The predicted octanol–water partition coefficient (Wildman–Crippen LogP) is 4.52. The van der Waals surface area contributed by atoms with Gasteiger partial charge in [-0.3, -0.25) is 4.79 Å². The Morgan fingerprint density at radius 2 is 1.92 bits per heavy atom. The summed E-state index contributed by atoms with van der Waals surface area (Å²) in [5.41, 5.74) is 1.29. The molecule has 26 heavy (non-hydrogen) atoms. The van der Waals surface area contributed by atoms with E-state index < -0.39 is 0 Å². The van der Waals surface area contributed by atoms with Gasteiger partial charge >= 0.3 is 0 Å². The Bertz CT molecular complexity index is 765. The van der Waals surface area contributed by atoms with E-state index in [1.54, 1.807) is 25.1 Å². The van der Waals surface area contributed by atoms with Gasteiger partial charge in [-0.15, -0.1) is 0 Å². The van der Waals surface area contributed by atoms with Crippen molar-refractivity contribution in [3.63, 3.8) is 0 Å². The lowest BCUT2D eigenvalue weighted by Crippen LogP contribution is -2.27. The fourth-order valence-corrected chi connectivity index (χ4v) is 2.89. The SMILES string of the molecule is Cc1nc(NCCC(C)C)cc(C(=O)NCCc2ccc(Cl)cc2Cl)n1. The van der Waals surface area contributed by atoms with Gasteiger partial charge in [0.05, 0.1) is 0 Å². The van der Waals surface area contributed by atoms with E-state index in [1.165, 1.54) is 0 Å². The summed E-state index contributed by atoms with van der Waals surface area (Å²) in [5, 5.41) is 7.31. The van der Waals surface area contributed by atoms with Gasteiger partial charge in [-0.25, -0.2) is 9.97 Å². The van der Waals surface area contributed by atoms with E-state index in [9.17, 15) is 4.79 Å². The summed E-state index contributed by atoms with van der Waals surface area (Å²) in [6.07, 6.45) is 1.65. The third kappa shape index (κ3) is 6.46. The molecule has 0 radical (unpaired) electrons. The number of aryl methyl sites for hydroxylation is 1. The van der Waals surface area contributed by atoms with Crippen LogP contribution in [0, 0.1) is 12.8 Å². The molecule has 140 valence electrons. The second-order valence-corrected chi connectivity index (χ2v) is 7.38. The molecular weight excluding hydrogens is 371 g/mol. The second kappa shape index (κ2) is 9.74. The highest BCUT2D eigenvalue weighted by molar-refractivity contribution is 6.35. The van der Waals surface area contributed by atoms with Crippen molar-refractivity contribution in [2.45, 2.75) is 33.6 Å². The molecule has 1 aromatic heterocycles. The van der Waals surface area contributed by atoms with Crippen LogP contribution in [-0.4, -0.2) is 29.0 Å². The molecule has 0 aliphatic rings. The summed E-state index contributed by atoms with van der Waals surface area (Å²) in [4.78, 5) is 20.9. The Hall–Kier alpha value is -1.85. The molecule has 1 aromatic carbocycles. The first-order valence-corrected chi connectivity index (χ1v) is 9.42. The van der Waals surface area contributed by atoms with Gasteiger partial charge in [0.25, 0.3) is 5.91 Å². The average molecular weight is 395 g/mol. The number of carbonyl (C=O) groups is 1. The quantitative estimate of drug-likeness (QED) is 0.690. The largest absolute Gasteiger partial charge is 0.370 e. The summed E-state index contributed by atoms with van der Waals surface area (Å²) in [7, 11) is 0. The molecule has 2 N–H and O–H groups in total. The summed E-state index contributed by atoms with van der Waals surface area (Å²) < 4.78 is 0. The third-order valence-corrected chi connectivity index (χ3v) is 4.38. The summed E-state index contributed by atoms with van der Waals surface area (Å²) in [5.74, 6) is 1.61. The topological polar surface area (TPSA) is 66.9 Å². The van der Waals surface area contributed by atoms with Crippen LogP contribution in [0.4, 0.5) is 5.82 Å². The molecule has 0 aliphatic carbocycles. The molecule has 0 saturated carbocycles. The van der Waals surface area contributed by atoms with Gasteiger partial charge < -0.3 is 10.6 Å². The zero-order valence-electron chi connectivity index (χ0n) is 15.3. The zero-order chi connectivity index (χ0) is 19.1. The van der Waals surface area contributed by atoms with Crippen molar-refractivity contribution in [2.24, 2.45) is 5.92 Å². The van der Waals surface area contributed by atoms with Crippen molar-refractivity contribution in [1.29, 1.82) is 0 Å². The number of hydrogen-bond donors (Lipinski definition) is 2. The molecule has 0 bridgehead atoms. The van der Waals surface area contributed by atoms with Crippen LogP contribution in [0.2, 0.25) is 10.0 Å². The average Bonchev–Trinajstić information content (AvgIpc) is 2.56. The number of rotatable bonds is 8. The van der Waals surface area contributed by atoms with E-state index in [0.29, 0.717) is 46.3 Å². The maximum Gasteiger partial charge on any atom is 0.270 e. The molecule has 0 atom stereocenters. The van der Waals surface area contributed by atoms with Crippen LogP contribution in [0.5, 0.6) is 0 Å². The van der Waals surface area contributed by atoms with Crippen molar-refractivity contribution in [3.8, 4) is 0 Å². The van der Waals surface area contributed by atoms with Crippen LogP contribution in [0.3, 0.4) is 0 Å². The lowest BCUT2D eigenvalue weighted by molar-refractivity contribution is 0.0949. The van der Waals surface area contributed by atoms with Gasteiger partial charge in [0.1, 0.15) is 17.3 Å². The van der Waals surface area contributed by atoms with Gasteiger partial charge in [0.15, 0.2) is 0 Å². The number of aromatic nitrogens is 2. The molecule has 7 heteroatoms. The number of benzene rings is 1. The number of nitrogens with zero attached hydrogens (tertiary/aromatic N) is 2. The number of hydrogen-bond acceptors (Lipinski definition) is 4. The smallest absolute Gasteiger partial charge is 0.270 e. The molecule has 2 aromatic rings. The van der Waals surface area contributed by atoms with E-state index in [1.807, 2.05) is 6.07 Å². The van der Waals surface area contributed by atoms with Crippen molar-refractivity contribution >= 4 is 34.9 Å². The maximum atomic E-state index is 12.4. The van der Waals surface area contributed by atoms with E-state index in [0.717, 1.165) is 18.5 Å². The van der Waals surface area contributed by atoms with Crippen LogP contribution in [-0.2, 0) is 6.42 Å². The van der Waals surface area contributed by atoms with Gasteiger partial charge in [-0.1, -0.05) is 43.1 Å². The fourth-order valence-electron chi connectivity index (χ4n) is 2.39.